The first-order valence-electron chi connectivity index (χ1n) is 38.8. The summed E-state index contributed by atoms with van der Waals surface area (Å²) in [7, 11) is 0. The molecule has 21 nitrogen and oxygen atoms in total. The molecule has 0 saturated carbocycles. The molecule has 0 spiro atoms. The van der Waals surface area contributed by atoms with E-state index in [1.807, 2.05) is 108 Å². The van der Waals surface area contributed by atoms with E-state index in [0.717, 1.165) is 38.6 Å². The zero-order chi connectivity index (χ0) is 83.6. The SMILES string of the molecule is CCOC(=O)c1c(N2CCN(C(=O)c3ccc(Cl)cc3)CC2)c2cc(C)ccc2n(Cc2ccc(F)cc2)c1=O.CCOC(=O)c1c(N2CCN(C(=O)c3ccc(F)cc3)CC2)c2cc(C)ccc2n(Cc2ccc(F)cc2)c1=O.CCOC(=O)c1c(N2CCN(C(=O)c3cccs3)CC2)c2cc(C)ccc2n(Cc2ccc(F)cc2)c1=O. The first-order chi connectivity index (χ1) is 56.9. The van der Waals surface area contributed by atoms with Crippen LogP contribution in [0.5, 0.6) is 0 Å². The van der Waals surface area contributed by atoms with Crippen LogP contribution < -0.4 is 31.4 Å². The van der Waals surface area contributed by atoms with Crippen LogP contribution in [0.4, 0.5) is 34.6 Å². The number of fused-ring (bicyclic) bond motifs is 3. The number of thiophene rings is 1. The molecule has 118 heavy (non-hydrogen) atoms. The summed E-state index contributed by atoms with van der Waals surface area (Å²) in [5.41, 5.74) is 7.91. The van der Waals surface area contributed by atoms with Crippen molar-refractivity contribution in [3.8, 4) is 0 Å². The van der Waals surface area contributed by atoms with Crippen LogP contribution in [0.3, 0.4) is 0 Å². The summed E-state index contributed by atoms with van der Waals surface area (Å²) >= 11 is 7.39. The molecule has 7 heterocycles. The molecule has 0 N–H and O–H groups in total. The fourth-order valence-corrected chi connectivity index (χ4v) is 15.9. The van der Waals surface area contributed by atoms with E-state index in [0.29, 0.717) is 144 Å². The van der Waals surface area contributed by atoms with Crippen molar-refractivity contribution < 1.29 is 60.5 Å². The Morgan fingerprint density at radius 3 is 0.924 bits per heavy atom. The van der Waals surface area contributed by atoms with Crippen LogP contribution in [0.15, 0.2) is 208 Å². The summed E-state index contributed by atoms with van der Waals surface area (Å²) in [6, 6.07) is 50.8. The number of pyridine rings is 3. The molecule has 3 aliphatic heterocycles. The lowest BCUT2D eigenvalue weighted by Gasteiger charge is -2.37. The number of amides is 3. The number of rotatable bonds is 18. The molecule has 3 saturated heterocycles. The number of aromatic nitrogens is 3. The van der Waals surface area contributed by atoms with Gasteiger partial charge in [0, 0.05) is 111 Å². The number of benzene rings is 8. The maximum Gasteiger partial charge on any atom is 0.345 e. The second-order valence-corrected chi connectivity index (χ2v) is 30.2. The molecule has 0 radical (unpaired) electrons. The van der Waals surface area contributed by atoms with Gasteiger partial charge in [0.2, 0.25) is 0 Å². The molecule has 3 amide bonds. The summed E-state index contributed by atoms with van der Waals surface area (Å²) in [5, 5.41) is 4.65. The zero-order valence-corrected chi connectivity index (χ0v) is 67.5. The van der Waals surface area contributed by atoms with Gasteiger partial charge in [-0.25, -0.2) is 31.9 Å². The molecule has 3 fully saturated rings. The maximum atomic E-state index is 14.0. The van der Waals surface area contributed by atoms with E-state index in [4.69, 9.17) is 25.8 Å². The minimum Gasteiger partial charge on any atom is -0.462 e. The standard InChI is InChI=1S/C31H29ClFN3O4.C31H29F2N3O4.C29H28FN3O4S/c1-3-40-31(39)27-28(34-14-16-35(17-15-34)29(37)22-7-9-23(32)10-8-22)25-18-20(2)4-13-26(25)36(30(27)38)19-21-5-11-24(33)12-6-21;1-3-40-31(39)27-28(34-14-16-35(17-15-34)29(37)22-7-11-24(33)12-8-22)25-18-20(2)4-13-26(25)36(30(27)38)19-21-5-9-23(32)10-6-21;1-3-37-29(36)25-26(31-12-14-32(15-13-31)27(34)24-5-4-16-38-24)22-17-19(2)6-11-23(22)33(28(25)35)18-20-7-9-21(30)10-8-20/h2*4-13,18H,3,14-17,19H2,1-2H3;4-11,16-17H,3,12-15,18H2,1-2H3. The van der Waals surface area contributed by atoms with Crippen LogP contribution in [-0.2, 0) is 33.8 Å². The van der Waals surface area contributed by atoms with Crippen LogP contribution >= 0.6 is 22.9 Å². The second-order valence-electron chi connectivity index (χ2n) is 28.8. The number of halogens is 5. The molecule has 0 bridgehead atoms. The molecule has 27 heteroatoms. The Morgan fingerprint density at radius 1 is 0.364 bits per heavy atom. The van der Waals surface area contributed by atoms with Gasteiger partial charge in [-0.3, -0.25) is 28.8 Å². The van der Waals surface area contributed by atoms with Crippen molar-refractivity contribution in [3.63, 3.8) is 0 Å². The molecule has 0 atom stereocenters. The van der Waals surface area contributed by atoms with Gasteiger partial charge in [-0.05, 0) is 191 Å². The lowest BCUT2D eigenvalue weighted by molar-refractivity contribution is 0.0514. The monoisotopic (exact) mass is 1640 g/mol. The average molecular weight is 1640 g/mol. The predicted octanol–water partition coefficient (Wildman–Crippen LogP) is 14.8. The largest absolute Gasteiger partial charge is 0.462 e. The van der Waals surface area contributed by atoms with E-state index in [-0.39, 0.29) is 91.3 Å². The summed E-state index contributed by atoms with van der Waals surface area (Å²) in [5.74, 6) is -3.93. The molecular formula is C91H86ClF4N9O12S. The van der Waals surface area contributed by atoms with Crippen molar-refractivity contribution in [1.82, 2.24) is 28.4 Å². The highest BCUT2D eigenvalue weighted by atomic mass is 35.5. The first kappa shape index (κ1) is 83.3. The van der Waals surface area contributed by atoms with Gasteiger partial charge >= 0.3 is 17.9 Å². The minimum absolute atomic E-state index is 0.0133. The Kier molecular flexibility index (Phi) is 26.2. The number of aryl methyl sites for hydroxylation is 3. The molecule has 3 aliphatic rings. The van der Waals surface area contributed by atoms with Gasteiger partial charge in [-0.1, -0.05) is 89.0 Å². The Balaban J connectivity index is 0.000000154. The summed E-state index contributed by atoms with van der Waals surface area (Å²) < 4.78 is 74.6. The van der Waals surface area contributed by atoms with E-state index in [1.165, 1.54) is 81.1 Å². The van der Waals surface area contributed by atoms with Gasteiger partial charge < -0.3 is 57.3 Å². The van der Waals surface area contributed by atoms with Gasteiger partial charge in [0.15, 0.2) is 0 Å². The smallest absolute Gasteiger partial charge is 0.345 e. The molecule has 8 aromatic carbocycles. The normalized spacial score (nSPS) is 13.6. The quantitative estimate of drug-likeness (QED) is 0.0443. The molecular weight excluding hydrogens is 1550 g/mol. The number of carbonyl (C=O) groups is 6. The van der Waals surface area contributed by atoms with Gasteiger partial charge in [0.1, 0.15) is 40.0 Å². The lowest BCUT2D eigenvalue weighted by Crippen LogP contribution is -2.49. The van der Waals surface area contributed by atoms with Crippen molar-refractivity contribution in [3.05, 3.63) is 319 Å². The molecule has 0 unspecified atom stereocenters. The molecule has 15 rings (SSSR count). The summed E-state index contributed by atoms with van der Waals surface area (Å²) in [6.07, 6.45) is 0. The topological polar surface area (TPSA) is 216 Å². The van der Waals surface area contributed by atoms with E-state index in [2.05, 4.69) is 0 Å². The number of piperazine rings is 3. The zero-order valence-electron chi connectivity index (χ0n) is 65.9. The van der Waals surface area contributed by atoms with E-state index in [9.17, 15) is 60.7 Å². The van der Waals surface area contributed by atoms with Crippen LogP contribution in [0.2, 0.25) is 5.02 Å². The number of carbonyl (C=O) groups excluding carboxylic acids is 6. The van der Waals surface area contributed by atoms with Crippen LogP contribution in [0.25, 0.3) is 32.7 Å². The Hall–Kier alpha value is -12.7. The van der Waals surface area contributed by atoms with Gasteiger partial charge in [0.05, 0.1) is 77.9 Å². The van der Waals surface area contributed by atoms with Crippen molar-refractivity contribution in [2.45, 2.75) is 61.2 Å². The van der Waals surface area contributed by atoms with Gasteiger partial charge in [-0.2, -0.15) is 0 Å². The Morgan fingerprint density at radius 2 is 0.644 bits per heavy atom. The average Bonchev–Trinajstić information content (AvgIpc) is 1.17. The highest BCUT2D eigenvalue weighted by Gasteiger charge is 2.35. The van der Waals surface area contributed by atoms with E-state index in [1.54, 1.807) is 101 Å². The first-order valence-corrected chi connectivity index (χ1v) is 40.1. The van der Waals surface area contributed by atoms with Crippen LogP contribution in [0.1, 0.15) is 116 Å². The van der Waals surface area contributed by atoms with Crippen molar-refractivity contribution >= 4 is 108 Å². The molecule has 0 aliphatic carbocycles. The Labute approximate surface area is 686 Å². The van der Waals surface area contributed by atoms with Crippen molar-refractivity contribution in [2.75, 3.05) is 113 Å². The third kappa shape index (κ3) is 18.4. The number of hydrogen-bond donors (Lipinski definition) is 0. The van der Waals surface area contributed by atoms with Crippen LogP contribution in [0, 0.1) is 44.0 Å². The van der Waals surface area contributed by atoms with E-state index < -0.39 is 40.4 Å². The van der Waals surface area contributed by atoms with Crippen molar-refractivity contribution in [2.24, 2.45) is 0 Å². The summed E-state index contributed by atoms with van der Waals surface area (Å²) in [6.45, 7) is 16.7. The minimum atomic E-state index is -0.719. The molecule has 608 valence electrons. The fraction of sp³-hybridized carbons (Fsp3) is 0.264. The van der Waals surface area contributed by atoms with Gasteiger partial charge in [-0.15, -0.1) is 11.3 Å². The fourth-order valence-electron chi connectivity index (χ4n) is 15.1. The van der Waals surface area contributed by atoms with Crippen molar-refractivity contribution in [1.29, 1.82) is 0 Å². The third-order valence-electron chi connectivity index (χ3n) is 20.9. The maximum absolute atomic E-state index is 14.0. The highest BCUT2D eigenvalue weighted by molar-refractivity contribution is 7.12. The lowest BCUT2D eigenvalue weighted by atomic mass is 10.0. The highest BCUT2D eigenvalue weighted by Crippen LogP contribution is 2.37. The Bertz CT molecular complexity index is 5700. The number of esters is 3. The molecule has 4 aromatic heterocycles. The number of anilines is 3. The third-order valence-corrected chi connectivity index (χ3v) is 22.1. The number of ether oxygens (including phenoxy) is 3. The second kappa shape index (κ2) is 37.1. The van der Waals surface area contributed by atoms with Crippen LogP contribution in [-0.4, -0.2) is 162 Å². The summed E-state index contributed by atoms with van der Waals surface area (Å²) in [4.78, 5) is 133. The van der Waals surface area contributed by atoms with Gasteiger partial charge in [0.25, 0.3) is 34.4 Å². The molecule has 12 aromatic rings. The number of nitrogens with zero attached hydrogens (tertiary/aromatic N) is 9. The predicted molar refractivity (Wildman–Crippen MR) is 450 cm³/mol. The van der Waals surface area contributed by atoms with E-state index >= 15 is 0 Å². The number of hydrogen-bond acceptors (Lipinski definition) is 16.